The molecule has 0 unspecified atom stereocenters. The molecule has 0 aliphatic carbocycles. The number of halogens is 1. The molecule has 7 nitrogen and oxygen atoms in total. The first kappa shape index (κ1) is 17.1. The summed E-state index contributed by atoms with van der Waals surface area (Å²) in [5, 5.41) is 12.4. The molecule has 0 spiro atoms. The van der Waals surface area contributed by atoms with Crippen LogP contribution in [0.3, 0.4) is 0 Å². The van der Waals surface area contributed by atoms with Crippen LogP contribution < -0.4 is 24.3 Å². The van der Waals surface area contributed by atoms with Crippen LogP contribution in [0.1, 0.15) is 11.1 Å². The molecule has 2 aromatic carbocycles. The van der Waals surface area contributed by atoms with Crippen molar-refractivity contribution in [3.63, 3.8) is 0 Å². The first-order valence-corrected chi connectivity index (χ1v) is 8.39. The standard InChI is InChI=1S/C19H13ClN2O5/c20-14-6-18-17(26-10-27-18)5-12(14)4-13(7-21)19(23)22-8-11-1-2-15-16(3-11)25-9-24-15/h1-6H,8-10H2,(H,22,23)/b13-4+. The van der Waals surface area contributed by atoms with E-state index in [0.717, 1.165) is 5.56 Å². The SMILES string of the molecule is N#C/C(=C\c1cc2c(cc1Cl)OCO2)C(=O)NCc1ccc2c(c1)OCO2. The predicted octanol–water partition coefficient (Wildman–Crippen LogP) is 3.02. The second-order valence-electron chi connectivity index (χ2n) is 5.77. The van der Waals surface area contributed by atoms with Crippen molar-refractivity contribution in [2.75, 3.05) is 13.6 Å². The number of amides is 1. The van der Waals surface area contributed by atoms with Crippen LogP contribution >= 0.6 is 11.6 Å². The van der Waals surface area contributed by atoms with Crippen LogP contribution in [0.25, 0.3) is 6.08 Å². The van der Waals surface area contributed by atoms with Gasteiger partial charge in [-0.3, -0.25) is 4.79 Å². The van der Waals surface area contributed by atoms with Gasteiger partial charge in [-0.25, -0.2) is 0 Å². The van der Waals surface area contributed by atoms with Crippen LogP contribution in [0, 0.1) is 11.3 Å². The molecule has 0 bridgehead atoms. The minimum Gasteiger partial charge on any atom is -0.454 e. The van der Waals surface area contributed by atoms with Crippen molar-refractivity contribution in [3.8, 4) is 29.1 Å². The Labute approximate surface area is 159 Å². The Balaban J connectivity index is 1.48. The highest BCUT2D eigenvalue weighted by Crippen LogP contribution is 2.37. The molecule has 136 valence electrons. The quantitative estimate of drug-likeness (QED) is 0.643. The van der Waals surface area contributed by atoms with Gasteiger partial charge >= 0.3 is 0 Å². The number of carbonyl (C=O) groups is 1. The Morgan fingerprint density at radius 1 is 1.07 bits per heavy atom. The summed E-state index contributed by atoms with van der Waals surface area (Å²) >= 11 is 6.19. The second kappa shape index (κ2) is 7.09. The van der Waals surface area contributed by atoms with Gasteiger partial charge in [0.15, 0.2) is 23.0 Å². The van der Waals surface area contributed by atoms with Crippen LogP contribution in [0.15, 0.2) is 35.9 Å². The Kier molecular flexibility index (Phi) is 4.48. The van der Waals surface area contributed by atoms with E-state index < -0.39 is 5.91 Å². The molecule has 1 amide bonds. The molecule has 2 aromatic rings. The van der Waals surface area contributed by atoms with Crippen LogP contribution in [-0.2, 0) is 11.3 Å². The van der Waals surface area contributed by atoms with Crippen LogP contribution in [0.5, 0.6) is 23.0 Å². The normalized spacial score (nSPS) is 14.0. The molecule has 8 heteroatoms. The molecule has 0 aromatic heterocycles. The number of benzene rings is 2. The fourth-order valence-corrected chi connectivity index (χ4v) is 2.88. The van der Waals surface area contributed by atoms with Crippen molar-refractivity contribution < 1.29 is 23.7 Å². The van der Waals surface area contributed by atoms with E-state index >= 15 is 0 Å². The highest BCUT2D eigenvalue weighted by atomic mass is 35.5. The molecule has 2 heterocycles. The lowest BCUT2D eigenvalue weighted by molar-refractivity contribution is -0.117. The topological polar surface area (TPSA) is 89.8 Å². The monoisotopic (exact) mass is 384 g/mol. The maximum Gasteiger partial charge on any atom is 0.262 e. The molecular formula is C19H13ClN2O5. The number of carbonyl (C=O) groups excluding carboxylic acids is 1. The zero-order valence-electron chi connectivity index (χ0n) is 14.0. The highest BCUT2D eigenvalue weighted by molar-refractivity contribution is 6.32. The van der Waals surface area contributed by atoms with Crippen molar-refractivity contribution in [1.82, 2.24) is 5.32 Å². The second-order valence-corrected chi connectivity index (χ2v) is 6.17. The van der Waals surface area contributed by atoms with Gasteiger partial charge in [0.1, 0.15) is 11.6 Å². The van der Waals surface area contributed by atoms with E-state index in [1.165, 1.54) is 6.08 Å². The summed E-state index contributed by atoms with van der Waals surface area (Å²) in [5.41, 5.74) is 1.25. The number of rotatable bonds is 4. The zero-order valence-corrected chi connectivity index (χ0v) is 14.7. The lowest BCUT2D eigenvalue weighted by Crippen LogP contribution is -2.23. The van der Waals surface area contributed by atoms with Gasteiger partial charge in [0, 0.05) is 12.6 Å². The van der Waals surface area contributed by atoms with Crippen molar-refractivity contribution in [2.24, 2.45) is 0 Å². The first-order chi connectivity index (χ1) is 13.1. The minimum atomic E-state index is -0.510. The molecule has 27 heavy (non-hydrogen) atoms. The summed E-state index contributed by atoms with van der Waals surface area (Å²) in [6.45, 7) is 0.534. The molecule has 4 rings (SSSR count). The van der Waals surface area contributed by atoms with Gasteiger partial charge in [-0.1, -0.05) is 17.7 Å². The van der Waals surface area contributed by atoms with E-state index in [0.29, 0.717) is 33.6 Å². The molecule has 0 fully saturated rings. The van der Waals surface area contributed by atoms with Crippen LogP contribution in [0.2, 0.25) is 5.02 Å². The summed E-state index contributed by atoms with van der Waals surface area (Å²) < 4.78 is 21.1. The molecule has 0 radical (unpaired) electrons. The maximum atomic E-state index is 12.4. The van der Waals surface area contributed by atoms with E-state index in [9.17, 15) is 10.1 Å². The van der Waals surface area contributed by atoms with Crippen molar-refractivity contribution >= 4 is 23.6 Å². The average Bonchev–Trinajstić information content (AvgIpc) is 3.32. The number of nitrogens with one attached hydrogen (secondary N) is 1. The van der Waals surface area contributed by atoms with E-state index in [2.05, 4.69) is 5.32 Å². The number of nitriles is 1. The molecule has 2 aliphatic heterocycles. The van der Waals surface area contributed by atoms with E-state index in [-0.39, 0.29) is 25.7 Å². The van der Waals surface area contributed by atoms with Crippen LogP contribution in [-0.4, -0.2) is 19.5 Å². The third-order valence-corrected chi connectivity index (χ3v) is 4.37. The molecular weight excluding hydrogens is 372 g/mol. The Morgan fingerprint density at radius 3 is 2.48 bits per heavy atom. The molecule has 0 saturated carbocycles. The Bertz CT molecular complexity index is 996. The molecule has 0 saturated heterocycles. The lowest BCUT2D eigenvalue weighted by Gasteiger charge is -2.06. The number of nitrogens with zero attached hydrogens (tertiary/aromatic N) is 1. The third kappa shape index (κ3) is 3.48. The van der Waals surface area contributed by atoms with Gasteiger partial charge in [0.25, 0.3) is 5.91 Å². The summed E-state index contributed by atoms with van der Waals surface area (Å²) in [6, 6.07) is 10.5. The van der Waals surface area contributed by atoms with E-state index in [1.807, 2.05) is 12.1 Å². The van der Waals surface area contributed by atoms with Gasteiger partial charge in [0.2, 0.25) is 13.6 Å². The van der Waals surface area contributed by atoms with Gasteiger partial charge < -0.3 is 24.3 Å². The predicted molar refractivity (Wildman–Crippen MR) is 95.6 cm³/mol. The van der Waals surface area contributed by atoms with Gasteiger partial charge in [-0.2, -0.15) is 5.26 Å². The van der Waals surface area contributed by atoms with Gasteiger partial charge in [0.05, 0.1) is 5.02 Å². The smallest absolute Gasteiger partial charge is 0.262 e. The maximum absolute atomic E-state index is 12.4. The van der Waals surface area contributed by atoms with Crippen LogP contribution in [0.4, 0.5) is 0 Å². The van der Waals surface area contributed by atoms with Crippen molar-refractivity contribution in [3.05, 3.63) is 52.1 Å². The highest BCUT2D eigenvalue weighted by Gasteiger charge is 2.18. The first-order valence-electron chi connectivity index (χ1n) is 8.02. The largest absolute Gasteiger partial charge is 0.454 e. The lowest BCUT2D eigenvalue weighted by atomic mass is 10.1. The molecule has 0 atom stereocenters. The number of ether oxygens (including phenoxy) is 4. The zero-order chi connectivity index (χ0) is 18.8. The van der Waals surface area contributed by atoms with E-state index in [1.54, 1.807) is 24.3 Å². The third-order valence-electron chi connectivity index (χ3n) is 4.05. The number of hydrogen-bond donors (Lipinski definition) is 1. The average molecular weight is 385 g/mol. The molecule has 1 N–H and O–H groups in total. The Morgan fingerprint density at radius 2 is 1.74 bits per heavy atom. The summed E-state index contributed by atoms with van der Waals surface area (Å²) in [4.78, 5) is 12.4. The van der Waals surface area contributed by atoms with Gasteiger partial charge in [-0.05, 0) is 35.4 Å². The number of fused-ring (bicyclic) bond motifs is 2. The Hall–Kier alpha value is -3.37. The summed E-state index contributed by atoms with van der Waals surface area (Å²) in [7, 11) is 0. The minimum absolute atomic E-state index is 0.0727. The van der Waals surface area contributed by atoms with E-state index in [4.69, 9.17) is 30.5 Å². The fourth-order valence-electron chi connectivity index (χ4n) is 2.68. The molecule has 2 aliphatic rings. The van der Waals surface area contributed by atoms with Gasteiger partial charge in [-0.15, -0.1) is 0 Å². The van der Waals surface area contributed by atoms with Crippen molar-refractivity contribution in [1.29, 1.82) is 5.26 Å². The van der Waals surface area contributed by atoms with Crippen molar-refractivity contribution in [2.45, 2.75) is 6.54 Å². The summed E-state index contributed by atoms with van der Waals surface area (Å²) in [5.74, 6) is 1.83. The fraction of sp³-hybridized carbons (Fsp3) is 0.158. The summed E-state index contributed by atoms with van der Waals surface area (Å²) in [6.07, 6.45) is 1.42. The number of hydrogen-bond acceptors (Lipinski definition) is 6.